The van der Waals surface area contributed by atoms with Gasteiger partial charge in [0.1, 0.15) is 5.82 Å². The van der Waals surface area contributed by atoms with Gasteiger partial charge in [0, 0.05) is 36.4 Å². The van der Waals surface area contributed by atoms with Crippen LogP contribution in [-0.2, 0) is 11.0 Å². The van der Waals surface area contributed by atoms with Crippen LogP contribution in [0, 0.1) is 0 Å². The van der Waals surface area contributed by atoms with Crippen molar-refractivity contribution in [2.45, 2.75) is 47.2 Å². The molecule has 2 aromatic heterocycles. The molecule has 0 radical (unpaired) electrons. The standard InChI is InChI=1S/C21H14F3N3O.C5H11N.C3H6.C2H5NO.C2H6/c22-21(23,24)16-11-12-25-20-19(16)17(28)13-18(26-14-7-3-1-4-8-14)27(20)15-9-5-2-6-10-15;1-3-4-5(2)6;1-3-2;1-3-2-4;1-2/h1-13,26H;4H,3,6H2,1-2H3;3H,1H2,2H3;2H,1H3,(H,3,4);1-2H3/b;5-4+;;;. The molecule has 0 aliphatic rings. The Morgan fingerprint density at radius 2 is 1.56 bits per heavy atom. The molecule has 0 saturated carbocycles. The Balaban J connectivity index is 0.000000988. The smallest absolute Gasteiger partial charge is 0.403 e. The molecule has 0 spiro atoms. The number of halogens is 3. The molecule has 1 amide bonds. The minimum absolute atomic E-state index is 0.0630. The number of hydrogen-bond donors (Lipinski definition) is 3. The van der Waals surface area contributed by atoms with Crippen LogP contribution in [0.2, 0.25) is 0 Å². The Hall–Kier alpha value is -4.86. The average Bonchev–Trinajstić information content (AvgIpc) is 2.99. The van der Waals surface area contributed by atoms with Gasteiger partial charge < -0.3 is 16.4 Å². The van der Waals surface area contributed by atoms with E-state index in [0.717, 1.165) is 24.4 Å². The second kappa shape index (κ2) is 20.9. The highest BCUT2D eigenvalue weighted by molar-refractivity contribution is 5.84. The summed E-state index contributed by atoms with van der Waals surface area (Å²) in [5.74, 6) is 0.321. The number of anilines is 2. The van der Waals surface area contributed by atoms with Gasteiger partial charge in [-0.1, -0.05) is 69.3 Å². The molecule has 232 valence electrons. The maximum absolute atomic E-state index is 13.5. The molecule has 2 heterocycles. The van der Waals surface area contributed by atoms with Crippen LogP contribution in [0.15, 0.2) is 108 Å². The lowest BCUT2D eigenvalue weighted by Crippen LogP contribution is -2.18. The van der Waals surface area contributed by atoms with Gasteiger partial charge in [0.2, 0.25) is 6.41 Å². The zero-order valence-corrected chi connectivity index (χ0v) is 25.6. The number of alkyl halides is 3. The number of fused-ring (bicyclic) bond motifs is 1. The SMILES string of the molecule is C=CC.CC.CC/C=C(\C)N.CNC=O.O=c1cc(Nc2ccccc2)n(-c2ccccc2)c2nccc(C(F)(F)F)c12. The Bertz CT molecular complexity index is 1450. The molecule has 0 aliphatic carbocycles. The molecule has 0 unspecified atom stereocenters. The van der Waals surface area contributed by atoms with Crippen LogP contribution < -0.4 is 21.8 Å². The number of hydrogen-bond acceptors (Lipinski definition) is 5. The van der Waals surface area contributed by atoms with E-state index in [1.165, 1.54) is 10.6 Å². The van der Waals surface area contributed by atoms with Crippen LogP contribution >= 0.6 is 0 Å². The lowest BCUT2D eigenvalue weighted by molar-refractivity contribution is -0.136. The fraction of sp³-hybridized carbons (Fsp3) is 0.242. The second-order valence-electron chi connectivity index (χ2n) is 8.28. The van der Waals surface area contributed by atoms with Crippen molar-refractivity contribution in [3.05, 3.63) is 119 Å². The van der Waals surface area contributed by atoms with Gasteiger partial charge in [0.25, 0.3) is 0 Å². The molecular weight excluding hydrogens is 555 g/mol. The van der Waals surface area contributed by atoms with E-state index in [4.69, 9.17) is 10.5 Å². The minimum atomic E-state index is -4.66. The van der Waals surface area contributed by atoms with Crippen molar-refractivity contribution in [2.24, 2.45) is 5.73 Å². The molecule has 4 N–H and O–H groups in total. The highest BCUT2D eigenvalue weighted by Gasteiger charge is 2.34. The van der Waals surface area contributed by atoms with E-state index in [9.17, 15) is 18.0 Å². The van der Waals surface area contributed by atoms with E-state index in [2.05, 4.69) is 29.1 Å². The number of carbonyl (C=O) groups is 1. The lowest BCUT2D eigenvalue weighted by Gasteiger charge is -2.19. The number of benzene rings is 2. The number of nitrogens with one attached hydrogen (secondary N) is 2. The van der Waals surface area contributed by atoms with Gasteiger partial charge in [-0.05, 0) is 50.6 Å². The van der Waals surface area contributed by atoms with Gasteiger partial charge in [0.05, 0.1) is 10.9 Å². The largest absolute Gasteiger partial charge is 0.417 e. The normalized spacial score (nSPS) is 10.1. The molecule has 7 nitrogen and oxygen atoms in total. The third-order valence-electron chi connectivity index (χ3n) is 4.91. The Morgan fingerprint density at radius 3 is 1.98 bits per heavy atom. The first-order chi connectivity index (χ1) is 20.5. The molecule has 43 heavy (non-hydrogen) atoms. The Morgan fingerprint density at radius 1 is 1.05 bits per heavy atom. The quantitative estimate of drug-likeness (QED) is 0.160. The monoisotopic (exact) mass is 597 g/mol. The van der Waals surface area contributed by atoms with E-state index < -0.39 is 22.6 Å². The minimum Gasteiger partial charge on any atom is -0.403 e. The van der Waals surface area contributed by atoms with E-state index in [1.54, 1.807) is 55.6 Å². The fourth-order valence-electron chi connectivity index (χ4n) is 3.40. The summed E-state index contributed by atoms with van der Waals surface area (Å²) >= 11 is 0. The predicted molar refractivity (Wildman–Crippen MR) is 173 cm³/mol. The van der Waals surface area contributed by atoms with Gasteiger partial charge in [0.15, 0.2) is 11.1 Å². The number of rotatable bonds is 5. The van der Waals surface area contributed by atoms with Crippen LogP contribution in [0.4, 0.5) is 24.7 Å². The van der Waals surface area contributed by atoms with Crippen molar-refractivity contribution >= 4 is 28.9 Å². The summed E-state index contributed by atoms with van der Waals surface area (Å²) in [6.45, 7) is 13.2. The third kappa shape index (κ3) is 13.1. The average molecular weight is 598 g/mol. The first-order valence-corrected chi connectivity index (χ1v) is 13.6. The molecule has 0 bridgehead atoms. The van der Waals surface area contributed by atoms with Crippen molar-refractivity contribution in [1.29, 1.82) is 0 Å². The number of para-hydroxylation sites is 2. The summed E-state index contributed by atoms with van der Waals surface area (Å²) in [7, 11) is 1.56. The van der Waals surface area contributed by atoms with Crippen molar-refractivity contribution < 1.29 is 18.0 Å². The van der Waals surface area contributed by atoms with Crippen molar-refractivity contribution in [1.82, 2.24) is 14.9 Å². The van der Waals surface area contributed by atoms with Gasteiger partial charge in [-0.3, -0.25) is 14.2 Å². The summed E-state index contributed by atoms with van der Waals surface area (Å²) in [6, 6.07) is 19.8. The number of nitrogens with two attached hydrogens (primary N) is 1. The third-order valence-corrected chi connectivity index (χ3v) is 4.91. The lowest BCUT2D eigenvalue weighted by atomic mass is 10.1. The van der Waals surface area contributed by atoms with Crippen LogP contribution in [0.1, 0.15) is 46.6 Å². The number of carbonyl (C=O) groups excluding carboxylic acids is 1. The summed E-state index contributed by atoms with van der Waals surface area (Å²) in [5, 5.41) is 4.89. The van der Waals surface area contributed by atoms with Gasteiger partial charge in [-0.15, -0.1) is 6.58 Å². The second-order valence-corrected chi connectivity index (χ2v) is 8.28. The number of nitrogens with zero attached hydrogens (tertiary/aromatic N) is 2. The van der Waals surface area contributed by atoms with E-state index in [-0.39, 0.29) is 5.65 Å². The molecule has 0 fully saturated rings. The maximum atomic E-state index is 13.5. The molecule has 0 aliphatic heterocycles. The van der Waals surface area contributed by atoms with Gasteiger partial charge in [-0.25, -0.2) is 4.98 Å². The Labute approximate surface area is 252 Å². The summed E-state index contributed by atoms with van der Waals surface area (Å²) in [6.07, 6.45) is 1.81. The first-order valence-electron chi connectivity index (χ1n) is 13.6. The first kappa shape index (κ1) is 38.1. The number of allylic oxidation sites excluding steroid dienone is 3. The van der Waals surface area contributed by atoms with E-state index >= 15 is 0 Å². The van der Waals surface area contributed by atoms with Crippen LogP contribution in [0.3, 0.4) is 0 Å². The highest BCUT2D eigenvalue weighted by atomic mass is 19.4. The van der Waals surface area contributed by atoms with Gasteiger partial charge >= 0.3 is 6.18 Å². The highest BCUT2D eigenvalue weighted by Crippen LogP contribution is 2.34. The van der Waals surface area contributed by atoms with E-state index in [1.807, 2.05) is 52.0 Å². The molecule has 0 saturated heterocycles. The van der Waals surface area contributed by atoms with Gasteiger partial charge in [-0.2, -0.15) is 13.2 Å². The molecular formula is C33H42F3N5O2. The van der Waals surface area contributed by atoms with E-state index in [0.29, 0.717) is 23.6 Å². The van der Waals surface area contributed by atoms with Crippen molar-refractivity contribution in [3.8, 4) is 5.69 Å². The summed E-state index contributed by atoms with van der Waals surface area (Å²) < 4.78 is 42.0. The van der Waals surface area contributed by atoms with Crippen molar-refractivity contribution in [2.75, 3.05) is 12.4 Å². The number of amides is 1. The summed E-state index contributed by atoms with van der Waals surface area (Å²) in [5.41, 5.74) is 5.64. The topological polar surface area (TPSA) is 102 Å². The molecule has 4 rings (SSSR count). The van der Waals surface area contributed by atoms with Crippen LogP contribution in [0.5, 0.6) is 0 Å². The zero-order valence-electron chi connectivity index (χ0n) is 25.6. The molecule has 2 aromatic carbocycles. The predicted octanol–water partition coefficient (Wildman–Crippen LogP) is 7.99. The van der Waals surface area contributed by atoms with Crippen LogP contribution in [0.25, 0.3) is 16.7 Å². The summed E-state index contributed by atoms with van der Waals surface area (Å²) in [4.78, 5) is 25.8. The molecule has 0 atom stereocenters. The number of aromatic nitrogens is 2. The van der Waals surface area contributed by atoms with Crippen molar-refractivity contribution in [3.63, 3.8) is 0 Å². The van der Waals surface area contributed by atoms with Crippen LogP contribution in [-0.4, -0.2) is 23.0 Å². The molecule has 10 heteroatoms. The molecule has 4 aromatic rings. The zero-order chi connectivity index (χ0) is 32.8. The Kier molecular flexibility index (Phi) is 18.6. The maximum Gasteiger partial charge on any atom is 0.417 e. The number of pyridine rings is 2. The fourth-order valence-corrected chi connectivity index (χ4v) is 3.40.